The van der Waals surface area contributed by atoms with Gasteiger partial charge in [-0.1, -0.05) is 26.2 Å². The van der Waals surface area contributed by atoms with E-state index in [1.807, 2.05) is 13.6 Å². The van der Waals surface area contributed by atoms with Crippen LogP contribution in [0.5, 0.6) is 0 Å². The van der Waals surface area contributed by atoms with Crippen molar-refractivity contribution in [2.24, 2.45) is 0 Å². The molecule has 0 rings (SSSR count). The van der Waals surface area contributed by atoms with E-state index in [1.165, 1.54) is 25.7 Å². The molecular formula is C9H21O2P. The lowest BCUT2D eigenvalue weighted by Gasteiger charge is -2.10. The topological polar surface area (TPSA) is 18.5 Å². The molecule has 0 saturated heterocycles. The van der Waals surface area contributed by atoms with E-state index in [4.69, 9.17) is 9.05 Å². The summed E-state index contributed by atoms with van der Waals surface area (Å²) in [6, 6.07) is 0. The fourth-order valence-electron chi connectivity index (χ4n) is 0.941. The standard InChI is InChI=1S/C9H21O2P/c1-4-6-7-8-9-11-12(3)10-5-2/h4-9H2,1-3H3. The summed E-state index contributed by atoms with van der Waals surface area (Å²) < 4.78 is 10.8. The lowest BCUT2D eigenvalue weighted by molar-refractivity contribution is 0.257. The van der Waals surface area contributed by atoms with Gasteiger partial charge in [-0.15, -0.1) is 0 Å². The molecule has 2 nitrogen and oxygen atoms in total. The van der Waals surface area contributed by atoms with Crippen molar-refractivity contribution in [2.75, 3.05) is 19.9 Å². The zero-order chi connectivity index (χ0) is 9.23. The fourth-order valence-corrected chi connectivity index (χ4v) is 1.77. The molecule has 0 aromatic rings. The second-order valence-corrected chi connectivity index (χ2v) is 4.15. The van der Waals surface area contributed by atoms with E-state index in [-0.39, 0.29) is 0 Å². The van der Waals surface area contributed by atoms with Gasteiger partial charge in [-0.2, -0.15) is 0 Å². The van der Waals surface area contributed by atoms with Gasteiger partial charge in [0.05, 0.1) is 13.2 Å². The molecule has 0 amide bonds. The smallest absolute Gasteiger partial charge is 0.167 e. The highest BCUT2D eigenvalue weighted by Gasteiger charge is 1.99. The van der Waals surface area contributed by atoms with Gasteiger partial charge in [-0.3, -0.25) is 0 Å². The zero-order valence-corrected chi connectivity index (χ0v) is 9.40. The van der Waals surface area contributed by atoms with Crippen molar-refractivity contribution in [3.63, 3.8) is 0 Å². The maximum absolute atomic E-state index is 5.47. The largest absolute Gasteiger partial charge is 0.335 e. The van der Waals surface area contributed by atoms with Crippen LogP contribution in [0.4, 0.5) is 0 Å². The van der Waals surface area contributed by atoms with Crippen molar-refractivity contribution >= 4 is 8.38 Å². The second-order valence-electron chi connectivity index (χ2n) is 2.75. The molecule has 0 N–H and O–H groups in total. The number of hydrogen-bond acceptors (Lipinski definition) is 2. The minimum Gasteiger partial charge on any atom is -0.335 e. The molecule has 1 unspecified atom stereocenters. The molecule has 0 bridgehead atoms. The highest BCUT2D eigenvalue weighted by atomic mass is 31.2. The number of rotatable bonds is 8. The monoisotopic (exact) mass is 192 g/mol. The third-order valence-corrected chi connectivity index (χ3v) is 2.75. The Labute approximate surface area is 77.6 Å². The van der Waals surface area contributed by atoms with Gasteiger partial charge in [0.25, 0.3) is 0 Å². The maximum Gasteiger partial charge on any atom is 0.167 e. The molecule has 0 aromatic carbocycles. The van der Waals surface area contributed by atoms with E-state index >= 15 is 0 Å². The second kappa shape index (κ2) is 9.44. The van der Waals surface area contributed by atoms with Crippen LogP contribution < -0.4 is 0 Å². The van der Waals surface area contributed by atoms with E-state index in [1.54, 1.807) is 0 Å². The van der Waals surface area contributed by atoms with Gasteiger partial charge in [-0.05, 0) is 13.3 Å². The fraction of sp³-hybridized carbons (Fsp3) is 1.00. The molecule has 0 heterocycles. The van der Waals surface area contributed by atoms with E-state index in [9.17, 15) is 0 Å². The molecule has 12 heavy (non-hydrogen) atoms. The van der Waals surface area contributed by atoms with Gasteiger partial charge >= 0.3 is 0 Å². The summed E-state index contributed by atoms with van der Waals surface area (Å²) in [5, 5.41) is 0. The Morgan fingerprint density at radius 2 is 1.75 bits per heavy atom. The lowest BCUT2D eigenvalue weighted by Crippen LogP contribution is -1.92. The Hall–Kier alpha value is 0.350. The van der Waals surface area contributed by atoms with E-state index < -0.39 is 8.38 Å². The van der Waals surface area contributed by atoms with Crippen LogP contribution in [0.3, 0.4) is 0 Å². The molecule has 0 aliphatic heterocycles. The molecule has 0 radical (unpaired) electrons. The SMILES string of the molecule is CCCCCCOP(C)OCC. The molecule has 74 valence electrons. The zero-order valence-electron chi connectivity index (χ0n) is 8.51. The summed E-state index contributed by atoms with van der Waals surface area (Å²) in [5.41, 5.74) is 0. The van der Waals surface area contributed by atoms with Gasteiger partial charge in [0.2, 0.25) is 0 Å². The number of unbranched alkanes of at least 4 members (excludes halogenated alkanes) is 3. The highest BCUT2D eigenvalue weighted by Crippen LogP contribution is 2.32. The molecule has 0 aliphatic rings. The summed E-state index contributed by atoms with van der Waals surface area (Å²) in [7, 11) is -0.602. The van der Waals surface area contributed by atoms with Crippen LogP contribution in [0.15, 0.2) is 0 Å². The average molecular weight is 192 g/mol. The van der Waals surface area contributed by atoms with Gasteiger partial charge < -0.3 is 9.05 Å². The van der Waals surface area contributed by atoms with Crippen molar-refractivity contribution in [3.8, 4) is 0 Å². The Kier molecular flexibility index (Phi) is 9.71. The predicted octanol–water partition coefficient (Wildman–Crippen LogP) is 3.56. The van der Waals surface area contributed by atoms with Crippen LogP contribution in [0.1, 0.15) is 39.5 Å². The van der Waals surface area contributed by atoms with Crippen LogP contribution in [0.2, 0.25) is 0 Å². The minimum absolute atomic E-state index is 0.602. The Morgan fingerprint density at radius 3 is 2.33 bits per heavy atom. The van der Waals surface area contributed by atoms with Crippen molar-refractivity contribution in [1.82, 2.24) is 0 Å². The molecule has 0 fully saturated rings. The Bertz CT molecular complexity index is 88.6. The summed E-state index contributed by atoms with van der Waals surface area (Å²) in [6.45, 7) is 7.85. The van der Waals surface area contributed by atoms with Crippen molar-refractivity contribution < 1.29 is 9.05 Å². The van der Waals surface area contributed by atoms with Gasteiger partial charge in [-0.25, -0.2) is 0 Å². The Balaban J connectivity index is 2.97. The van der Waals surface area contributed by atoms with Crippen molar-refractivity contribution in [2.45, 2.75) is 39.5 Å². The van der Waals surface area contributed by atoms with Crippen LogP contribution >= 0.6 is 8.38 Å². The van der Waals surface area contributed by atoms with Crippen LogP contribution in [0, 0.1) is 0 Å². The third kappa shape index (κ3) is 8.45. The van der Waals surface area contributed by atoms with Crippen LogP contribution in [-0.2, 0) is 9.05 Å². The first-order chi connectivity index (χ1) is 5.81. The number of hydrogen-bond donors (Lipinski definition) is 0. The van der Waals surface area contributed by atoms with Gasteiger partial charge in [0.1, 0.15) is 0 Å². The van der Waals surface area contributed by atoms with Crippen molar-refractivity contribution in [3.05, 3.63) is 0 Å². The molecule has 0 aromatic heterocycles. The van der Waals surface area contributed by atoms with Crippen LogP contribution in [-0.4, -0.2) is 19.9 Å². The maximum atomic E-state index is 5.47. The van der Waals surface area contributed by atoms with E-state index in [2.05, 4.69) is 6.92 Å². The first-order valence-electron chi connectivity index (χ1n) is 4.80. The quantitative estimate of drug-likeness (QED) is 0.432. The first-order valence-corrected chi connectivity index (χ1v) is 6.43. The molecule has 0 spiro atoms. The summed E-state index contributed by atoms with van der Waals surface area (Å²) in [5.74, 6) is 0. The predicted molar refractivity (Wildman–Crippen MR) is 54.6 cm³/mol. The van der Waals surface area contributed by atoms with Gasteiger partial charge in [0, 0.05) is 6.66 Å². The van der Waals surface area contributed by atoms with Crippen molar-refractivity contribution in [1.29, 1.82) is 0 Å². The summed E-state index contributed by atoms with van der Waals surface area (Å²) in [4.78, 5) is 0. The van der Waals surface area contributed by atoms with E-state index in [0.717, 1.165) is 13.2 Å². The minimum atomic E-state index is -0.602. The Morgan fingerprint density at radius 1 is 1.00 bits per heavy atom. The summed E-state index contributed by atoms with van der Waals surface area (Å²) in [6.07, 6.45) is 5.06. The molecule has 0 saturated carbocycles. The first kappa shape index (κ1) is 12.3. The highest BCUT2D eigenvalue weighted by molar-refractivity contribution is 7.46. The molecule has 0 aliphatic carbocycles. The molecule has 3 heteroatoms. The summed E-state index contributed by atoms with van der Waals surface area (Å²) >= 11 is 0. The lowest BCUT2D eigenvalue weighted by atomic mass is 10.2. The third-order valence-electron chi connectivity index (χ3n) is 1.58. The molecule has 1 atom stereocenters. The average Bonchev–Trinajstić information content (AvgIpc) is 2.05. The van der Waals surface area contributed by atoms with E-state index in [0.29, 0.717) is 0 Å². The van der Waals surface area contributed by atoms with Crippen LogP contribution in [0.25, 0.3) is 0 Å². The molecular weight excluding hydrogens is 171 g/mol. The van der Waals surface area contributed by atoms with Gasteiger partial charge in [0.15, 0.2) is 8.38 Å². The normalized spacial score (nSPS) is 13.2.